The Kier molecular flexibility index (Phi) is 5.13. The Morgan fingerprint density at radius 2 is 1.87 bits per heavy atom. The highest BCUT2D eigenvalue weighted by molar-refractivity contribution is 9.10. The van der Waals surface area contributed by atoms with Gasteiger partial charge < -0.3 is 9.30 Å². The maximum atomic E-state index is 14.2. The van der Waals surface area contributed by atoms with Crippen LogP contribution in [0, 0.1) is 12.7 Å². The fraction of sp³-hybridized carbons (Fsp3) is 0.261. The normalized spacial score (nSPS) is 15.1. The van der Waals surface area contributed by atoms with Gasteiger partial charge in [-0.3, -0.25) is 4.79 Å². The molecule has 5 nitrogen and oxygen atoms in total. The Balaban J connectivity index is 1.94. The van der Waals surface area contributed by atoms with E-state index in [1.165, 1.54) is 17.5 Å². The summed E-state index contributed by atoms with van der Waals surface area (Å²) in [5.74, 6) is -0.874. The predicted octanol–water partition coefficient (Wildman–Crippen LogP) is 5.37. The van der Waals surface area contributed by atoms with Crippen LogP contribution in [0.4, 0.5) is 4.39 Å². The molecule has 3 aromatic rings. The highest BCUT2D eigenvalue weighted by atomic mass is 79.9. The number of fused-ring (bicyclic) bond motifs is 2. The summed E-state index contributed by atoms with van der Waals surface area (Å²) in [5.41, 5.74) is 2.26. The van der Waals surface area contributed by atoms with Crippen molar-refractivity contribution in [2.45, 2.75) is 44.7 Å². The van der Waals surface area contributed by atoms with Crippen molar-refractivity contribution < 1.29 is 22.3 Å². The third-order valence-electron chi connectivity index (χ3n) is 5.08. The zero-order valence-corrected chi connectivity index (χ0v) is 19.9. The number of hydrogen-bond donors (Lipinski definition) is 0. The largest absolute Gasteiger partial charge is 0.459 e. The van der Waals surface area contributed by atoms with Crippen LogP contribution in [0.5, 0.6) is 0 Å². The fourth-order valence-electron chi connectivity index (χ4n) is 3.93. The number of hydrogen-bond acceptors (Lipinski definition) is 4. The van der Waals surface area contributed by atoms with Gasteiger partial charge in [-0.25, -0.2) is 12.8 Å². The van der Waals surface area contributed by atoms with Gasteiger partial charge in [-0.2, -0.15) is 0 Å². The molecular formula is C23H21BrFNO4S. The first-order chi connectivity index (χ1) is 14.4. The summed E-state index contributed by atoms with van der Waals surface area (Å²) in [6.07, 6.45) is 0. The Bertz CT molecular complexity index is 1380. The molecule has 2 heterocycles. The molecule has 2 aromatic carbocycles. The first kappa shape index (κ1) is 21.8. The minimum absolute atomic E-state index is 0.0710. The summed E-state index contributed by atoms with van der Waals surface area (Å²) in [7, 11) is -3.65. The maximum absolute atomic E-state index is 14.2. The average molecular weight is 506 g/mol. The zero-order valence-electron chi connectivity index (χ0n) is 17.5. The van der Waals surface area contributed by atoms with Gasteiger partial charge in [-0.15, -0.1) is 0 Å². The van der Waals surface area contributed by atoms with Gasteiger partial charge >= 0.3 is 5.97 Å². The van der Waals surface area contributed by atoms with E-state index in [4.69, 9.17) is 4.74 Å². The van der Waals surface area contributed by atoms with Crippen molar-refractivity contribution >= 4 is 48.2 Å². The molecule has 1 aromatic heterocycles. The van der Waals surface area contributed by atoms with Crippen LogP contribution in [0.3, 0.4) is 0 Å². The summed E-state index contributed by atoms with van der Waals surface area (Å²) < 4.78 is 47.6. The van der Waals surface area contributed by atoms with Crippen LogP contribution in [-0.2, 0) is 25.9 Å². The number of ether oxygens (including phenoxy) is 1. The molecule has 8 heteroatoms. The molecule has 0 aliphatic carbocycles. The highest BCUT2D eigenvalue weighted by Crippen LogP contribution is 2.43. The number of halogens is 2. The molecule has 0 saturated carbocycles. The van der Waals surface area contributed by atoms with E-state index in [1.807, 2.05) is 0 Å². The number of sulfone groups is 1. The number of benzene rings is 2. The average Bonchev–Trinajstić information content (AvgIpc) is 3.04. The van der Waals surface area contributed by atoms with E-state index < -0.39 is 27.2 Å². The van der Waals surface area contributed by atoms with Gasteiger partial charge in [0.2, 0.25) is 9.84 Å². The van der Waals surface area contributed by atoms with E-state index in [0.29, 0.717) is 37.8 Å². The van der Waals surface area contributed by atoms with Gasteiger partial charge in [-0.05, 0) is 58.0 Å². The van der Waals surface area contributed by atoms with E-state index in [-0.39, 0.29) is 11.4 Å². The van der Waals surface area contributed by atoms with Crippen LogP contribution >= 0.6 is 15.9 Å². The van der Waals surface area contributed by atoms with Crippen molar-refractivity contribution in [3.05, 3.63) is 68.9 Å². The lowest BCUT2D eigenvalue weighted by Gasteiger charge is -2.20. The first-order valence-corrected chi connectivity index (χ1v) is 12.0. The quantitative estimate of drug-likeness (QED) is 0.448. The van der Waals surface area contributed by atoms with Crippen molar-refractivity contribution in [1.29, 1.82) is 0 Å². The summed E-state index contributed by atoms with van der Waals surface area (Å²) in [6.45, 7) is 7.08. The van der Waals surface area contributed by atoms with Crippen LogP contribution in [0.25, 0.3) is 16.5 Å². The zero-order chi connectivity index (χ0) is 22.7. The van der Waals surface area contributed by atoms with E-state index in [0.717, 1.165) is 0 Å². The molecule has 1 aliphatic heterocycles. The van der Waals surface area contributed by atoms with Crippen molar-refractivity contribution in [2.24, 2.45) is 0 Å². The molecule has 0 atom stereocenters. The number of rotatable bonds is 3. The van der Waals surface area contributed by atoms with Crippen LogP contribution in [-0.4, -0.2) is 24.6 Å². The first-order valence-electron chi connectivity index (χ1n) is 9.65. The number of esters is 1. The van der Waals surface area contributed by atoms with Gasteiger partial charge in [0, 0.05) is 43.2 Å². The molecule has 4 rings (SSSR count). The third-order valence-corrected chi connectivity index (χ3v) is 7.07. The second-order valence-corrected chi connectivity index (χ2v) is 11.2. The Labute approximate surface area is 188 Å². The maximum Gasteiger partial charge on any atom is 0.326 e. The van der Waals surface area contributed by atoms with Gasteiger partial charge in [0.25, 0.3) is 0 Å². The van der Waals surface area contributed by atoms with Crippen LogP contribution < -0.4 is 0 Å². The second-order valence-electron chi connectivity index (χ2n) is 8.51. The molecular weight excluding hydrogens is 485 g/mol. The molecule has 0 spiro atoms. The highest BCUT2D eigenvalue weighted by Gasteiger charge is 2.31. The summed E-state index contributed by atoms with van der Waals surface area (Å²) >= 11 is 3.32. The SMILES string of the molecule is Cc1c(C2=CS(=O)(=O)c3cc(Br)ccc32)c2cc(F)ccc2n1CC(=O)OC(C)(C)C. The third kappa shape index (κ3) is 3.94. The van der Waals surface area contributed by atoms with Crippen LogP contribution in [0.2, 0.25) is 0 Å². The molecule has 0 fully saturated rings. The minimum Gasteiger partial charge on any atom is -0.459 e. The minimum atomic E-state index is -3.65. The summed E-state index contributed by atoms with van der Waals surface area (Å²) in [6, 6.07) is 9.34. The monoisotopic (exact) mass is 505 g/mol. The molecule has 31 heavy (non-hydrogen) atoms. The molecule has 0 radical (unpaired) electrons. The summed E-state index contributed by atoms with van der Waals surface area (Å²) in [5, 5.41) is 1.76. The number of nitrogens with zero attached hydrogens (tertiary/aromatic N) is 1. The topological polar surface area (TPSA) is 65.4 Å². The molecule has 0 saturated heterocycles. The van der Waals surface area contributed by atoms with E-state index in [1.54, 1.807) is 56.5 Å². The standard InChI is InChI=1S/C23H21BrFNO4S/c1-13-22(18-12-31(28,29)20-9-14(24)5-7-16(18)20)17-10-15(25)6-8-19(17)26(13)11-21(27)30-23(2,3)4/h5-10,12H,11H2,1-4H3. The van der Waals surface area contributed by atoms with Gasteiger partial charge in [-0.1, -0.05) is 22.0 Å². The van der Waals surface area contributed by atoms with E-state index in [2.05, 4.69) is 15.9 Å². The lowest BCUT2D eigenvalue weighted by atomic mass is 9.97. The summed E-state index contributed by atoms with van der Waals surface area (Å²) in [4.78, 5) is 12.7. The molecule has 1 aliphatic rings. The molecule has 0 bridgehead atoms. The predicted molar refractivity (Wildman–Crippen MR) is 121 cm³/mol. The number of carbonyl (C=O) groups is 1. The van der Waals surface area contributed by atoms with Crippen LogP contribution in [0.15, 0.2) is 51.2 Å². The van der Waals surface area contributed by atoms with E-state index >= 15 is 0 Å². The molecule has 0 unspecified atom stereocenters. The smallest absolute Gasteiger partial charge is 0.326 e. The molecule has 162 valence electrons. The van der Waals surface area contributed by atoms with Crippen molar-refractivity contribution in [1.82, 2.24) is 4.57 Å². The Hall–Kier alpha value is -2.45. The molecule has 0 amide bonds. The second kappa shape index (κ2) is 7.31. The van der Waals surface area contributed by atoms with Crippen molar-refractivity contribution in [3.63, 3.8) is 0 Å². The van der Waals surface area contributed by atoms with E-state index in [9.17, 15) is 17.6 Å². The molecule has 0 N–H and O–H groups in total. The lowest BCUT2D eigenvalue weighted by Crippen LogP contribution is -2.26. The lowest BCUT2D eigenvalue weighted by molar-refractivity contribution is -0.155. The fourth-order valence-corrected chi connectivity index (χ4v) is 5.90. The Morgan fingerprint density at radius 3 is 2.55 bits per heavy atom. The van der Waals surface area contributed by atoms with Gasteiger partial charge in [0.15, 0.2) is 0 Å². The van der Waals surface area contributed by atoms with Crippen molar-refractivity contribution in [3.8, 4) is 0 Å². The van der Waals surface area contributed by atoms with Crippen molar-refractivity contribution in [2.75, 3.05) is 0 Å². The number of aromatic nitrogens is 1. The Morgan fingerprint density at radius 1 is 1.16 bits per heavy atom. The van der Waals surface area contributed by atoms with Gasteiger partial charge in [0.05, 0.1) is 4.90 Å². The number of carbonyl (C=O) groups excluding carboxylic acids is 1. The van der Waals surface area contributed by atoms with Gasteiger partial charge in [0.1, 0.15) is 18.0 Å². The van der Waals surface area contributed by atoms with Crippen LogP contribution in [0.1, 0.15) is 37.6 Å².